The van der Waals surface area contributed by atoms with Crippen LogP contribution >= 0.6 is 0 Å². The second-order valence-electron chi connectivity index (χ2n) is 4.89. The predicted octanol–water partition coefficient (Wildman–Crippen LogP) is 0.607. The largest absolute Gasteiger partial charge is 0.502 e. The van der Waals surface area contributed by atoms with Crippen molar-refractivity contribution in [2.75, 3.05) is 11.5 Å². The van der Waals surface area contributed by atoms with Gasteiger partial charge in [0.1, 0.15) is 0 Å². The number of nitro benzene ring substituents is 1. The maximum absolute atomic E-state index is 12.0. The number of sulfone groups is 1. The van der Waals surface area contributed by atoms with Crippen LogP contribution in [0.1, 0.15) is 23.2 Å². The number of nitro groups is 1. The Kier molecular flexibility index (Phi) is 4.12. The Hall–Kier alpha value is -2.16. The van der Waals surface area contributed by atoms with Crippen molar-refractivity contribution in [1.82, 2.24) is 5.32 Å². The normalized spacial score (nSPS) is 20.7. The van der Waals surface area contributed by atoms with Gasteiger partial charge in [0, 0.05) is 17.7 Å². The molecule has 2 rings (SSSR count). The molecule has 0 spiro atoms. The van der Waals surface area contributed by atoms with Gasteiger partial charge in [0.25, 0.3) is 5.91 Å². The number of benzene rings is 1. The molecule has 1 aromatic carbocycles. The van der Waals surface area contributed by atoms with E-state index in [0.29, 0.717) is 12.8 Å². The maximum Gasteiger partial charge on any atom is 0.310 e. The molecule has 2 N–H and O–H groups in total. The van der Waals surface area contributed by atoms with E-state index >= 15 is 0 Å². The summed E-state index contributed by atoms with van der Waals surface area (Å²) in [7, 11) is -3.14. The number of hydrogen-bond acceptors (Lipinski definition) is 6. The van der Waals surface area contributed by atoms with Crippen LogP contribution in [0.25, 0.3) is 0 Å². The lowest BCUT2D eigenvalue weighted by Crippen LogP contribution is -2.43. The number of amides is 1. The van der Waals surface area contributed by atoms with E-state index in [9.17, 15) is 28.4 Å². The highest BCUT2D eigenvalue weighted by Gasteiger charge is 2.26. The van der Waals surface area contributed by atoms with Crippen molar-refractivity contribution in [1.29, 1.82) is 0 Å². The van der Waals surface area contributed by atoms with Crippen LogP contribution in [-0.2, 0) is 9.84 Å². The summed E-state index contributed by atoms with van der Waals surface area (Å²) < 4.78 is 23.0. The average Bonchev–Trinajstić information content (AvgIpc) is 2.36. The highest BCUT2D eigenvalue weighted by molar-refractivity contribution is 7.91. The van der Waals surface area contributed by atoms with Crippen molar-refractivity contribution in [2.24, 2.45) is 0 Å². The van der Waals surface area contributed by atoms with Crippen molar-refractivity contribution in [3.63, 3.8) is 0 Å². The SMILES string of the molecule is O=C(NC1CCCS(=O)(=O)C1)c1ccc([N+](=O)[O-])c(O)c1. The average molecular weight is 314 g/mol. The Bertz CT molecular complexity index is 685. The van der Waals surface area contributed by atoms with Crippen LogP contribution < -0.4 is 5.32 Å². The third-order valence-electron chi connectivity index (χ3n) is 3.23. The van der Waals surface area contributed by atoms with Crippen molar-refractivity contribution in [2.45, 2.75) is 18.9 Å². The predicted molar refractivity (Wildman–Crippen MR) is 73.9 cm³/mol. The van der Waals surface area contributed by atoms with Gasteiger partial charge in [-0.25, -0.2) is 8.42 Å². The number of aromatic hydroxyl groups is 1. The van der Waals surface area contributed by atoms with Crippen LogP contribution in [0.15, 0.2) is 18.2 Å². The minimum Gasteiger partial charge on any atom is -0.502 e. The second kappa shape index (κ2) is 5.68. The molecule has 1 atom stereocenters. The number of carbonyl (C=O) groups excluding carboxylic acids is 1. The molecule has 1 aliphatic heterocycles. The third-order valence-corrected chi connectivity index (χ3v) is 5.05. The molecule has 0 radical (unpaired) electrons. The topological polar surface area (TPSA) is 127 Å². The fraction of sp³-hybridized carbons (Fsp3) is 0.417. The molecule has 0 bridgehead atoms. The number of hydrogen-bond donors (Lipinski definition) is 2. The Labute approximate surface area is 120 Å². The molecule has 0 saturated carbocycles. The molecule has 0 aliphatic carbocycles. The number of rotatable bonds is 3. The van der Waals surface area contributed by atoms with Crippen LogP contribution in [-0.4, -0.2) is 41.9 Å². The van der Waals surface area contributed by atoms with Gasteiger partial charge in [-0.15, -0.1) is 0 Å². The van der Waals surface area contributed by atoms with E-state index in [1.807, 2.05) is 0 Å². The molecule has 1 unspecified atom stereocenters. The monoisotopic (exact) mass is 314 g/mol. The number of phenolic OH excluding ortho intramolecular Hbond substituents is 1. The number of phenols is 1. The Balaban J connectivity index is 2.10. The summed E-state index contributed by atoms with van der Waals surface area (Å²) in [6.45, 7) is 0. The number of carbonyl (C=O) groups is 1. The molecule has 1 amide bonds. The highest BCUT2D eigenvalue weighted by Crippen LogP contribution is 2.26. The molecule has 1 heterocycles. The third kappa shape index (κ3) is 3.69. The molecule has 0 aromatic heterocycles. The molecule has 9 heteroatoms. The summed E-state index contributed by atoms with van der Waals surface area (Å²) in [4.78, 5) is 21.8. The van der Waals surface area contributed by atoms with Gasteiger partial charge < -0.3 is 10.4 Å². The van der Waals surface area contributed by atoms with Crippen molar-refractivity contribution >= 4 is 21.4 Å². The first-order valence-corrected chi connectivity index (χ1v) is 8.09. The van der Waals surface area contributed by atoms with Gasteiger partial charge in [0.2, 0.25) is 0 Å². The van der Waals surface area contributed by atoms with E-state index in [0.717, 1.165) is 12.1 Å². The van der Waals surface area contributed by atoms with E-state index in [2.05, 4.69) is 5.32 Å². The fourth-order valence-electron chi connectivity index (χ4n) is 2.22. The molecule has 21 heavy (non-hydrogen) atoms. The first-order valence-electron chi connectivity index (χ1n) is 6.27. The summed E-state index contributed by atoms with van der Waals surface area (Å²) >= 11 is 0. The standard InChI is InChI=1S/C12H14N2O6S/c15-11-6-8(3-4-10(11)14(17)18)12(16)13-9-2-1-5-21(19,20)7-9/h3-4,6,9,15H,1-2,5,7H2,(H,13,16). The minimum atomic E-state index is -3.14. The van der Waals surface area contributed by atoms with Gasteiger partial charge in [-0.2, -0.15) is 0 Å². The van der Waals surface area contributed by atoms with Gasteiger partial charge in [-0.3, -0.25) is 14.9 Å². The zero-order chi connectivity index (χ0) is 15.6. The van der Waals surface area contributed by atoms with Gasteiger partial charge in [0.05, 0.1) is 16.4 Å². The van der Waals surface area contributed by atoms with E-state index in [4.69, 9.17) is 0 Å². The van der Waals surface area contributed by atoms with Gasteiger partial charge >= 0.3 is 5.69 Å². The summed E-state index contributed by atoms with van der Waals surface area (Å²) in [5.74, 6) is -1.17. The summed E-state index contributed by atoms with van der Waals surface area (Å²) in [6, 6.07) is 2.76. The van der Waals surface area contributed by atoms with Crippen LogP contribution in [0, 0.1) is 10.1 Å². The van der Waals surface area contributed by atoms with E-state index in [-0.39, 0.29) is 17.1 Å². The lowest BCUT2D eigenvalue weighted by atomic mass is 10.1. The maximum atomic E-state index is 12.0. The van der Waals surface area contributed by atoms with Crippen molar-refractivity contribution in [3.05, 3.63) is 33.9 Å². The fourth-order valence-corrected chi connectivity index (χ4v) is 3.86. The number of nitrogens with one attached hydrogen (secondary N) is 1. The second-order valence-corrected chi connectivity index (χ2v) is 7.12. The molecule has 8 nitrogen and oxygen atoms in total. The van der Waals surface area contributed by atoms with Gasteiger partial charge in [0.15, 0.2) is 15.6 Å². The lowest BCUT2D eigenvalue weighted by molar-refractivity contribution is -0.385. The summed E-state index contributed by atoms with van der Waals surface area (Å²) in [5.41, 5.74) is -0.451. The van der Waals surface area contributed by atoms with E-state index in [1.165, 1.54) is 6.07 Å². The Morgan fingerprint density at radius 2 is 2.14 bits per heavy atom. The smallest absolute Gasteiger partial charge is 0.310 e. The molecule has 114 valence electrons. The first kappa shape index (κ1) is 15.2. The Morgan fingerprint density at radius 3 is 2.71 bits per heavy atom. The molecule has 1 saturated heterocycles. The zero-order valence-corrected chi connectivity index (χ0v) is 11.8. The molecule has 1 fully saturated rings. The molecule has 1 aliphatic rings. The summed E-state index contributed by atoms with van der Waals surface area (Å²) in [5, 5.41) is 22.6. The number of nitrogens with zero attached hydrogens (tertiary/aromatic N) is 1. The van der Waals surface area contributed by atoms with Crippen LogP contribution in [0.3, 0.4) is 0 Å². The van der Waals surface area contributed by atoms with Gasteiger partial charge in [-0.05, 0) is 25.0 Å². The quantitative estimate of drug-likeness (QED) is 0.621. The zero-order valence-electron chi connectivity index (χ0n) is 11.0. The van der Waals surface area contributed by atoms with Crippen molar-refractivity contribution in [3.8, 4) is 5.75 Å². The summed E-state index contributed by atoms with van der Waals surface area (Å²) in [6.07, 6.45) is 1.04. The van der Waals surface area contributed by atoms with Crippen molar-refractivity contribution < 1.29 is 23.2 Å². The highest BCUT2D eigenvalue weighted by atomic mass is 32.2. The van der Waals surface area contributed by atoms with Crippen LogP contribution in [0.5, 0.6) is 5.75 Å². The first-order chi connectivity index (χ1) is 9.78. The van der Waals surface area contributed by atoms with Crippen LogP contribution in [0.2, 0.25) is 0 Å². The van der Waals surface area contributed by atoms with E-state index in [1.54, 1.807) is 0 Å². The van der Waals surface area contributed by atoms with E-state index < -0.39 is 38.1 Å². The molecular formula is C12H14N2O6S. The lowest BCUT2D eigenvalue weighted by Gasteiger charge is -2.23. The Morgan fingerprint density at radius 1 is 1.43 bits per heavy atom. The van der Waals surface area contributed by atoms with Crippen LogP contribution in [0.4, 0.5) is 5.69 Å². The molecular weight excluding hydrogens is 300 g/mol. The minimum absolute atomic E-state index is 0.0427. The molecule has 1 aromatic rings. The van der Waals surface area contributed by atoms with Gasteiger partial charge in [-0.1, -0.05) is 0 Å².